The molecule has 0 radical (unpaired) electrons. The van der Waals surface area contributed by atoms with E-state index in [0.717, 1.165) is 39.6 Å². The molecule has 2 rings (SSSR count). The molecule has 17 heavy (non-hydrogen) atoms. The average Bonchev–Trinajstić information content (AvgIpc) is 2.76. The third-order valence-electron chi connectivity index (χ3n) is 2.81. The van der Waals surface area contributed by atoms with E-state index in [0.29, 0.717) is 0 Å². The van der Waals surface area contributed by atoms with Crippen LogP contribution in [0.2, 0.25) is 0 Å². The second-order valence-electron chi connectivity index (χ2n) is 4.24. The fourth-order valence-electron chi connectivity index (χ4n) is 1.94. The predicted octanol–water partition coefficient (Wildman–Crippen LogP) is 3.21. The number of carbonyl (C=O) groups excluding carboxylic acids is 1. The van der Waals surface area contributed by atoms with Crippen molar-refractivity contribution in [1.29, 1.82) is 0 Å². The molecule has 1 aromatic carbocycles. The number of benzene rings is 1. The molecule has 1 aliphatic rings. The maximum absolute atomic E-state index is 12.0. The SMILES string of the molecule is Cc1cc(Br)c(NC(=O)[C@@H]2CCCN2)c(Br)c1. The largest absolute Gasteiger partial charge is 0.323 e. The van der Waals surface area contributed by atoms with Crippen LogP contribution in [0.4, 0.5) is 5.69 Å². The number of aryl methyl sites for hydroxylation is 1. The van der Waals surface area contributed by atoms with Crippen LogP contribution >= 0.6 is 31.9 Å². The van der Waals surface area contributed by atoms with Crippen molar-refractivity contribution < 1.29 is 4.79 Å². The predicted molar refractivity (Wildman–Crippen MR) is 76.2 cm³/mol. The number of carbonyl (C=O) groups is 1. The summed E-state index contributed by atoms with van der Waals surface area (Å²) in [5.41, 5.74) is 1.94. The van der Waals surface area contributed by atoms with Gasteiger partial charge >= 0.3 is 0 Å². The molecule has 0 aromatic heterocycles. The number of amides is 1. The van der Waals surface area contributed by atoms with Gasteiger partial charge in [-0.1, -0.05) is 0 Å². The molecule has 1 saturated heterocycles. The first kappa shape index (κ1) is 13.1. The normalized spacial score (nSPS) is 19.4. The van der Waals surface area contributed by atoms with Crippen LogP contribution < -0.4 is 10.6 Å². The molecule has 0 spiro atoms. The van der Waals surface area contributed by atoms with Gasteiger partial charge in [-0.05, 0) is 75.9 Å². The van der Waals surface area contributed by atoms with Gasteiger partial charge in [-0.25, -0.2) is 0 Å². The molecule has 0 unspecified atom stereocenters. The molecule has 2 N–H and O–H groups in total. The molecule has 0 bridgehead atoms. The lowest BCUT2D eigenvalue weighted by molar-refractivity contribution is -0.117. The Balaban J connectivity index is 2.15. The lowest BCUT2D eigenvalue weighted by atomic mass is 10.2. The Morgan fingerprint density at radius 2 is 2.06 bits per heavy atom. The van der Waals surface area contributed by atoms with Gasteiger partial charge in [-0.2, -0.15) is 0 Å². The van der Waals surface area contributed by atoms with Crippen molar-refractivity contribution in [2.24, 2.45) is 0 Å². The third-order valence-corrected chi connectivity index (χ3v) is 4.06. The van der Waals surface area contributed by atoms with Gasteiger partial charge in [0.15, 0.2) is 0 Å². The van der Waals surface area contributed by atoms with Crippen LogP contribution in [0.1, 0.15) is 18.4 Å². The maximum Gasteiger partial charge on any atom is 0.241 e. The van der Waals surface area contributed by atoms with E-state index in [9.17, 15) is 4.79 Å². The molecule has 1 atom stereocenters. The van der Waals surface area contributed by atoms with E-state index in [1.807, 2.05) is 19.1 Å². The minimum atomic E-state index is -0.0601. The van der Waals surface area contributed by atoms with Crippen LogP contribution in [0, 0.1) is 6.92 Å². The smallest absolute Gasteiger partial charge is 0.241 e. The van der Waals surface area contributed by atoms with E-state index in [2.05, 4.69) is 42.5 Å². The van der Waals surface area contributed by atoms with Crippen molar-refractivity contribution in [1.82, 2.24) is 5.32 Å². The van der Waals surface area contributed by atoms with Crippen molar-refractivity contribution >= 4 is 43.5 Å². The second kappa shape index (κ2) is 5.50. The second-order valence-corrected chi connectivity index (χ2v) is 5.95. The van der Waals surface area contributed by atoms with Crippen LogP contribution in [-0.4, -0.2) is 18.5 Å². The minimum Gasteiger partial charge on any atom is -0.323 e. The molecule has 3 nitrogen and oxygen atoms in total. The van der Waals surface area contributed by atoms with E-state index in [-0.39, 0.29) is 11.9 Å². The van der Waals surface area contributed by atoms with Crippen LogP contribution in [0.15, 0.2) is 21.1 Å². The minimum absolute atomic E-state index is 0.0350. The third kappa shape index (κ3) is 3.09. The number of hydrogen-bond acceptors (Lipinski definition) is 2. The van der Waals surface area contributed by atoms with Gasteiger partial charge in [0.25, 0.3) is 0 Å². The summed E-state index contributed by atoms with van der Waals surface area (Å²) in [6.07, 6.45) is 1.97. The van der Waals surface area contributed by atoms with Gasteiger partial charge in [-0.3, -0.25) is 4.79 Å². The first-order valence-corrected chi connectivity index (χ1v) is 7.16. The van der Waals surface area contributed by atoms with Crippen molar-refractivity contribution in [3.63, 3.8) is 0 Å². The zero-order valence-electron chi connectivity index (χ0n) is 9.52. The molecule has 1 aromatic rings. The van der Waals surface area contributed by atoms with Crippen molar-refractivity contribution in [2.75, 3.05) is 11.9 Å². The van der Waals surface area contributed by atoms with Gasteiger partial charge < -0.3 is 10.6 Å². The Kier molecular flexibility index (Phi) is 4.22. The number of rotatable bonds is 2. The number of halogens is 2. The number of anilines is 1. The average molecular weight is 362 g/mol. The molecule has 5 heteroatoms. The lowest BCUT2D eigenvalue weighted by Gasteiger charge is -2.14. The zero-order valence-corrected chi connectivity index (χ0v) is 12.7. The van der Waals surface area contributed by atoms with Gasteiger partial charge in [0.1, 0.15) is 0 Å². The lowest BCUT2D eigenvalue weighted by Crippen LogP contribution is -2.35. The van der Waals surface area contributed by atoms with E-state index in [1.165, 1.54) is 0 Å². The summed E-state index contributed by atoms with van der Waals surface area (Å²) >= 11 is 6.94. The van der Waals surface area contributed by atoms with E-state index < -0.39 is 0 Å². The van der Waals surface area contributed by atoms with Crippen molar-refractivity contribution in [2.45, 2.75) is 25.8 Å². The Morgan fingerprint density at radius 1 is 1.41 bits per heavy atom. The van der Waals surface area contributed by atoms with Gasteiger partial charge in [0.2, 0.25) is 5.91 Å². The molecule has 1 heterocycles. The highest BCUT2D eigenvalue weighted by Crippen LogP contribution is 2.32. The summed E-state index contributed by atoms with van der Waals surface area (Å²) < 4.78 is 1.80. The number of nitrogens with one attached hydrogen (secondary N) is 2. The molecular formula is C12H14Br2N2O. The van der Waals surface area contributed by atoms with E-state index in [1.54, 1.807) is 0 Å². The summed E-state index contributed by atoms with van der Waals surface area (Å²) in [7, 11) is 0. The van der Waals surface area contributed by atoms with E-state index >= 15 is 0 Å². The molecule has 0 aliphatic carbocycles. The summed E-state index contributed by atoms with van der Waals surface area (Å²) in [6, 6.07) is 3.92. The maximum atomic E-state index is 12.0. The summed E-state index contributed by atoms with van der Waals surface area (Å²) in [5, 5.41) is 6.14. The molecule has 0 saturated carbocycles. The molecule has 92 valence electrons. The summed E-state index contributed by atoms with van der Waals surface area (Å²) in [6.45, 7) is 2.94. The quantitative estimate of drug-likeness (QED) is 0.849. The number of hydrogen-bond donors (Lipinski definition) is 2. The summed E-state index contributed by atoms with van der Waals surface area (Å²) in [4.78, 5) is 12.0. The monoisotopic (exact) mass is 360 g/mol. The van der Waals surface area contributed by atoms with Gasteiger partial charge in [0.05, 0.1) is 11.7 Å². The molecule has 1 amide bonds. The molecule has 1 aliphatic heterocycles. The zero-order chi connectivity index (χ0) is 12.4. The fourth-order valence-corrected chi connectivity index (χ4v) is 3.55. The Bertz CT molecular complexity index is 419. The summed E-state index contributed by atoms with van der Waals surface area (Å²) in [5.74, 6) is 0.0350. The first-order chi connectivity index (χ1) is 8.08. The van der Waals surface area contributed by atoms with Crippen molar-refractivity contribution in [3.05, 3.63) is 26.6 Å². The van der Waals surface area contributed by atoms with E-state index in [4.69, 9.17) is 0 Å². The Labute approximate surface area is 118 Å². The van der Waals surface area contributed by atoms with Crippen LogP contribution in [0.25, 0.3) is 0 Å². The Hall–Kier alpha value is -0.390. The van der Waals surface area contributed by atoms with Crippen molar-refractivity contribution in [3.8, 4) is 0 Å². The highest BCUT2D eigenvalue weighted by atomic mass is 79.9. The molecular weight excluding hydrogens is 348 g/mol. The first-order valence-electron chi connectivity index (χ1n) is 5.58. The fraction of sp³-hybridized carbons (Fsp3) is 0.417. The highest BCUT2D eigenvalue weighted by Gasteiger charge is 2.23. The standard InChI is InChI=1S/C12H14Br2N2O/c1-7-5-8(13)11(9(14)6-7)16-12(17)10-3-2-4-15-10/h5-6,10,15H,2-4H2,1H3,(H,16,17)/t10-/m0/s1. The molecule has 1 fully saturated rings. The highest BCUT2D eigenvalue weighted by molar-refractivity contribution is 9.11. The topological polar surface area (TPSA) is 41.1 Å². The van der Waals surface area contributed by atoms with Crippen LogP contribution in [0.3, 0.4) is 0 Å². The van der Waals surface area contributed by atoms with Crippen LogP contribution in [-0.2, 0) is 4.79 Å². The Morgan fingerprint density at radius 3 is 2.59 bits per heavy atom. The van der Waals surface area contributed by atoms with Gasteiger partial charge in [-0.15, -0.1) is 0 Å². The van der Waals surface area contributed by atoms with Crippen LogP contribution in [0.5, 0.6) is 0 Å². The van der Waals surface area contributed by atoms with Gasteiger partial charge in [0, 0.05) is 8.95 Å².